The second-order valence-corrected chi connectivity index (χ2v) is 8.50. The zero-order valence-corrected chi connectivity index (χ0v) is 17.9. The zero-order chi connectivity index (χ0) is 21.4. The third-order valence-corrected chi connectivity index (χ3v) is 4.71. The van der Waals surface area contributed by atoms with Crippen LogP contribution >= 0.6 is 0 Å². The molecule has 0 atom stereocenters. The van der Waals surface area contributed by atoms with Crippen LogP contribution < -0.4 is 10.6 Å². The molecule has 1 fully saturated rings. The van der Waals surface area contributed by atoms with Crippen LogP contribution in [-0.4, -0.2) is 48.0 Å². The molecule has 160 valence electrons. The van der Waals surface area contributed by atoms with Crippen molar-refractivity contribution < 1.29 is 19.1 Å². The second-order valence-electron chi connectivity index (χ2n) is 8.50. The Balaban J connectivity index is 1.76. The number of carbonyl (C=O) groups excluding carboxylic acids is 3. The van der Waals surface area contributed by atoms with E-state index in [1.807, 2.05) is 27.7 Å². The fourth-order valence-corrected chi connectivity index (χ4v) is 3.17. The Bertz CT molecular complexity index is 702. The van der Waals surface area contributed by atoms with Gasteiger partial charge in [-0.2, -0.15) is 0 Å². The number of likely N-dealkylation sites (tertiary alicyclic amines) is 1. The number of benzene rings is 1. The van der Waals surface area contributed by atoms with E-state index in [2.05, 4.69) is 10.6 Å². The molecule has 7 heteroatoms. The lowest BCUT2D eigenvalue weighted by atomic mass is 9.93. The van der Waals surface area contributed by atoms with Crippen molar-refractivity contribution in [2.75, 3.05) is 25.0 Å². The summed E-state index contributed by atoms with van der Waals surface area (Å²) in [7, 11) is 0. The molecule has 0 aliphatic carbocycles. The van der Waals surface area contributed by atoms with Crippen LogP contribution in [0.1, 0.15) is 63.7 Å². The molecule has 1 heterocycles. The van der Waals surface area contributed by atoms with Gasteiger partial charge in [-0.1, -0.05) is 6.92 Å². The van der Waals surface area contributed by atoms with E-state index in [0.29, 0.717) is 37.3 Å². The predicted molar refractivity (Wildman–Crippen MR) is 113 cm³/mol. The number of amides is 3. The molecule has 1 saturated heterocycles. The van der Waals surface area contributed by atoms with Gasteiger partial charge in [0.15, 0.2) is 0 Å². The molecule has 1 aliphatic rings. The maximum Gasteiger partial charge on any atom is 0.410 e. The van der Waals surface area contributed by atoms with E-state index in [1.165, 1.54) is 0 Å². The third kappa shape index (κ3) is 7.75. The van der Waals surface area contributed by atoms with Gasteiger partial charge in [-0.25, -0.2) is 4.79 Å². The van der Waals surface area contributed by atoms with Crippen LogP contribution in [0.3, 0.4) is 0 Å². The Morgan fingerprint density at radius 1 is 1.10 bits per heavy atom. The first kappa shape index (κ1) is 22.7. The van der Waals surface area contributed by atoms with E-state index < -0.39 is 5.60 Å². The molecule has 0 saturated carbocycles. The summed E-state index contributed by atoms with van der Waals surface area (Å²) in [5.41, 5.74) is 0.749. The molecular weight excluding hydrogens is 370 g/mol. The van der Waals surface area contributed by atoms with Gasteiger partial charge in [-0.3, -0.25) is 9.59 Å². The Labute approximate surface area is 173 Å². The minimum absolute atomic E-state index is 0.0519. The topological polar surface area (TPSA) is 87.7 Å². The molecule has 2 N–H and O–H groups in total. The summed E-state index contributed by atoms with van der Waals surface area (Å²) in [4.78, 5) is 38.1. The number of rotatable bonds is 6. The number of piperidine rings is 1. The van der Waals surface area contributed by atoms with Crippen molar-refractivity contribution in [1.82, 2.24) is 10.2 Å². The smallest absolute Gasteiger partial charge is 0.410 e. The lowest BCUT2D eigenvalue weighted by Crippen LogP contribution is -2.42. The molecule has 29 heavy (non-hydrogen) atoms. The van der Waals surface area contributed by atoms with Crippen LogP contribution in [-0.2, 0) is 9.53 Å². The van der Waals surface area contributed by atoms with Crippen molar-refractivity contribution in [2.45, 2.75) is 59.0 Å². The number of hydrogen-bond donors (Lipinski definition) is 2. The monoisotopic (exact) mass is 403 g/mol. The molecule has 1 aliphatic heterocycles. The number of anilines is 1. The van der Waals surface area contributed by atoms with Gasteiger partial charge in [0.2, 0.25) is 5.91 Å². The van der Waals surface area contributed by atoms with Gasteiger partial charge in [0.05, 0.1) is 0 Å². The van der Waals surface area contributed by atoms with Crippen LogP contribution in [0.5, 0.6) is 0 Å². The number of ether oxygens (including phenoxy) is 1. The minimum atomic E-state index is -0.500. The molecule has 0 bridgehead atoms. The fourth-order valence-electron chi connectivity index (χ4n) is 3.17. The average molecular weight is 404 g/mol. The second kappa shape index (κ2) is 10.3. The summed E-state index contributed by atoms with van der Waals surface area (Å²) >= 11 is 0. The number of carbonyl (C=O) groups is 3. The summed E-state index contributed by atoms with van der Waals surface area (Å²) < 4.78 is 5.40. The van der Waals surface area contributed by atoms with Gasteiger partial charge >= 0.3 is 6.09 Å². The van der Waals surface area contributed by atoms with Gasteiger partial charge in [0.1, 0.15) is 5.60 Å². The van der Waals surface area contributed by atoms with Gasteiger partial charge in [0.25, 0.3) is 5.91 Å². The lowest BCUT2D eigenvalue weighted by molar-refractivity contribution is -0.117. The summed E-state index contributed by atoms with van der Waals surface area (Å²) in [6, 6.07) is 6.90. The van der Waals surface area contributed by atoms with Crippen molar-refractivity contribution in [3.8, 4) is 0 Å². The quantitative estimate of drug-likeness (QED) is 0.756. The third-order valence-electron chi connectivity index (χ3n) is 4.71. The fraction of sp³-hybridized carbons (Fsp3) is 0.591. The Morgan fingerprint density at radius 3 is 2.28 bits per heavy atom. The van der Waals surface area contributed by atoms with E-state index in [-0.39, 0.29) is 23.8 Å². The summed E-state index contributed by atoms with van der Waals surface area (Å²) in [6.45, 7) is 9.41. The highest BCUT2D eigenvalue weighted by atomic mass is 16.6. The average Bonchev–Trinajstić information content (AvgIpc) is 2.65. The molecule has 0 radical (unpaired) electrons. The molecule has 0 unspecified atom stereocenters. The molecule has 3 amide bonds. The maximum absolute atomic E-state index is 12.3. The van der Waals surface area contributed by atoms with Crippen LogP contribution in [0.15, 0.2) is 24.3 Å². The largest absolute Gasteiger partial charge is 0.444 e. The predicted octanol–water partition coefficient (Wildman–Crippen LogP) is 3.80. The summed E-state index contributed by atoms with van der Waals surface area (Å²) in [5.74, 6) is 0.0816. The SMILES string of the molecule is CCCNC(=O)c1ccc(NC(=O)CC2CCN(C(=O)OC(C)(C)C)CC2)cc1. The highest BCUT2D eigenvalue weighted by molar-refractivity contribution is 5.95. The maximum atomic E-state index is 12.3. The van der Waals surface area contributed by atoms with Gasteiger partial charge in [-0.15, -0.1) is 0 Å². The number of nitrogens with zero attached hydrogens (tertiary/aromatic N) is 1. The van der Waals surface area contributed by atoms with Gasteiger partial charge in [0, 0.05) is 37.3 Å². The molecule has 0 spiro atoms. The Kier molecular flexibility index (Phi) is 8.05. The highest BCUT2D eigenvalue weighted by Crippen LogP contribution is 2.23. The van der Waals surface area contributed by atoms with Crippen LogP contribution in [0.2, 0.25) is 0 Å². The van der Waals surface area contributed by atoms with E-state index in [1.54, 1.807) is 29.2 Å². The van der Waals surface area contributed by atoms with Crippen molar-refractivity contribution in [3.05, 3.63) is 29.8 Å². The van der Waals surface area contributed by atoms with E-state index >= 15 is 0 Å². The highest BCUT2D eigenvalue weighted by Gasteiger charge is 2.27. The van der Waals surface area contributed by atoms with E-state index in [0.717, 1.165) is 19.3 Å². The van der Waals surface area contributed by atoms with Crippen molar-refractivity contribution in [1.29, 1.82) is 0 Å². The minimum Gasteiger partial charge on any atom is -0.444 e. The molecule has 1 aromatic carbocycles. The van der Waals surface area contributed by atoms with Crippen molar-refractivity contribution >= 4 is 23.6 Å². The van der Waals surface area contributed by atoms with Crippen molar-refractivity contribution in [2.24, 2.45) is 5.92 Å². The van der Waals surface area contributed by atoms with Crippen molar-refractivity contribution in [3.63, 3.8) is 0 Å². The van der Waals surface area contributed by atoms with Crippen LogP contribution in [0, 0.1) is 5.92 Å². The molecular formula is C22H33N3O4. The molecule has 7 nitrogen and oxygen atoms in total. The molecule has 0 aromatic heterocycles. The standard InChI is InChI=1S/C22H33N3O4/c1-5-12-23-20(27)17-6-8-18(9-7-17)24-19(26)15-16-10-13-25(14-11-16)21(28)29-22(2,3)4/h6-9,16H,5,10-15H2,1-4H3,(H,23,27)(H,24,26). The number of hydrogen-bond acceptors (Lipinski definition) is 4. The summed E-state index contributed by atoms with van der Waals surface area (Å²) in [5, 5.41) is 5.71. The van der Waals surface area contributed by atoms with Crippen LogP contribution in [0.25, 0.3) is 0 Å². The first-order valence-corrected chi connectivity index (χ1v) is 10.3. The zero-order valence-electron chi connectivity index (χ0n) is 17.9. The van der Waals surface area contributed by atoms with Crippen LogP contribution in [0.4, 0.5) is 10.5 Å². The summed E-state index contributed by atoms with van der Waals surface area (Å²) in [6.07, 6.45) is 2.58. The number of nitrogens with one attached hydrogen (secondary N) is 2. The Hall–Kier alpha value is -2.57. The Morgan fingerprint density at radius 2 is 1.72 bits per heavy atom. The molecule has 1 aromatic rings. The normalized spacial score (nSPS) is 15.0. The first-order chi connectivity index (χ1) is 13.7. The van der Waals surface area contributed by atoms with Gasteiger partial charge < -0.3 is 20.3 Å². The first-order valence-electron chi connectivity index (χ1n) is 10.3. The van der Waals surface area contributed by atoms with Gasteiger partial charge in [-0.05, 0) is 70.2 Å². The lowest BCUT2D eigenvalue weighted by Gasteiger charge is -2.33. The van der Waals surface area contributed by atoms with E-state index in [4.69, 9.17) is 4.74 Å². The molecule has 2 rings (SSSR count). The van der Waals surface area contributed by atoms with E-state index in [9.17, 15) is 14.4 Å².